The first-order chi connectivity index (χ1) is 13.3. The number of nitro groups is 1. The fourth-order valence-electron chi connectivity index (χ4n) is 2.30. The van der Waals surface area contributed by atoms with E-state index in [9.17, 15) is 23.3 Å². The fraction of sp³-hybridized carbons (Fsp3) is 0.111. The summed E-state index contributed by atoms with van der Waals surface area (Å²) in [6.45, 7) is 0. The first-order valence-electron chi connectivity index (χ1n) is 7.91. The molecule has 144 valence electrons. The Labute approximate surface area is 162 Å². The van der Waals surface area contributed by atoms with Crippen LogP contribution in [0.25, 0.3) is 0 Å². The molecule has 0 atom stereocenters. The van der Waals surface area contributed by atoms with E-state index in [0.717, 1.165) is 18.0 Å². The second kappa shape index (κ2) is 7.85. The van der Waals surface area contributed by atoms with Crippen LogP contribution in [0.15, 0.2) is 70.7 Å². The van der Waals surface area contributed by atoms with Gasteiger partial charge in [0, 0.05) is 36.0 Å². The van der Waals surface area contributed by atoms with Gasteiger partial charge in [-0.1, -0.05) is 30.0 Å². The Hall–Kier alpha value is -3.14. The van der Waals surface area contributed by atoms with Crippen LogP contribution in [-0.4, -0.2) is 21.9 Å². The van der Waals surface area contributed by atoms with Gasteiger partial charge >= 0.3 is 6.18 Å². The lowest BCUT2D eigenvalue weighted by molar-refractivity contribution is -0.384. The van der Waals surface area contributed by atoms with Crippen molar-refractivity contribution in [3.63, 3.8) is 0 Å². The van der Waals surface area contributed by atoms with Crippen molar-refractivity contribution >= 4 is 29.1 Å². The topological polar surface area (TPSA) is 72.2 Å². The summed E-state index contributed by atoms with van der Waals surface area (Å²) >= 11 is 0.887. The monoisotopic (exact) mass is 406 g/mol. The number of nitro benzene ring substituents is 1. The molecule has 0 N–H and O–H groups in total. The van der Waals surface area contributed by atoms with E-state index in [1.54, 1.807) is 37.4 Å². The molecule has 0 amide bonds. The minimum atomic E-state index is -4.60. The average molecular weight is 406 g/mol. The van der Waals surface area contributed by atoms with Crippen LogP contribution in [-0.2, 0) is 6.18 Å². The molecular weight excluding hydrogens is 393 g/mol. The smallest absolute Gasteiger partial charge is 0.314 e. The van der Waals surface area contributed by atoms with Crippen LogP contribution < -0.4 is 4.90 Å². The lowest BCUT2D eigenvalue weighted by Crippen LogP contribution is -2.16. The molecule has 28 heavy (non-hydrogen) atoms. The lowest BCUT2D eigenvalue weighted by atomic mass is 10.2. The van der Waals surface area contributed by atoms with Crippen LogP contribution in [0, 0.1) is 10.1 Å². The minimum Gasteiger partial charge on any atom is -0.314 e. The van der Waals surface area contributed by atoms with E-state index in [1.807, 2.05) is 0 Å². The maximum atomic E-state index is 13.4. The summed E-state index contributed by atoms with van der Waals surface area (Å²) in [4.78, 5) is 20.2. The summed E-state index contributed by atoms with van der Waals surface area (Å²) in [6.07, 6.45) is -3.85. The molecule has 10 heteroatoms. The summed E-state index contributed by atoms with van der Waals surface area (Å²) in [5.41, 5.74) is -0.519. The molecule has 0 saturated carbocycles. The second-order valence-corrected chi connectivity index (χ2v) is 6.70. The predicted molar refractivity (Wildman–Crippen MR) is 98.8 cm³/mol. The third kappa shape index (κ3) is 4.39. The van der Waals surface area contributed by atoms with Crippen LogP contribution in [0.3, 0.4) is 0 Å². The largest absolute Gasteiger partial charge is 0.420 e. The van der Waals surface area contributed by atoms with Crippen LogP contribution in [0.2, 0.25) is 0 Å². The molecule has 3 rings (SSSR count). The Morgan fingerprint density at radius 2 is 1.71 bits per heavy atom. The third-order valence-electron chi connectivity index (χ3n) is 3.75. The van der Waals surface area contributed by atoms with Crippen molar-refractivity contribution in [3.8, 4) is 0 Å². The van der Waals surface area contributed by atoms with Gasteiger partial charge < -0.3 is 4.90 Å². The number of non-ortho nitro benzene ring substituents is 1. The molecule has 2 aromatic carbocycles. The van der Waals surface area contributed by atoms with Gasteiger partial charge in [0.2, 0.25) is 5.95 Å². The van der Waals surface area contributed by atoms with Crippen molar-refractivity contribution in [2.75, 3.05) is 11.9 Å². The van der Waals surface area contributed by atoms with Crippen molar-refractivity contribution < 1.29 is 18.1 Å². The molecule has 6 nitrogen and oxygen atoms in total. The lowest BCUT2D eigenvalue weighted by Gasteiger charge is -2.19. The van der Waals surface area contributed by atoms with Crippen molar-refractivity contribution in [2.24, 2.45) is 0 Å². The Morgan fingerprint density at radius 3 is 2.29 bits per heavy atom. The highest BCUT2D eigenvalue weighted by molar-refractivity contribution is 7.99. The molecule has 0 fully saturated rings. The molecule has 1 aromatic heterocycles. The number of halogens is 3. The molecule has 0 saturated heterocycles. The number of alkyl halides is 3. The van der Waals surface area contributed by atoms with Gasteiger partial charge in [-0.2, -0.15) is 13.2 Å². The number of benzene rings is 2. The first kappa shape index (κ1) is 19.6. The molecule has 0 aliphatic carbocycles. The normalized spacial score (nSPS) is 11.3. The van der Waals surface area contributed by atoms with Crippen molar-refractivity contribution in [1.29, 1.82) is 0 Å². The number of rotatable bonds is 5. The van der Waals surface area contributed by atoms with Gasteiger partial charge in [-0.25, -0.2) is 9.97 Å². The summed E-state index contributed by atoms with van der Waals surface area (Å²) in [6, 6.07) is 14.1. The summed E-state index contributed by atoms with van der Waals surface area (Å²) in [7, 11) is 1.57. The number of hydrogen-bond donors (Lipinski definition) is 0. The molecule has 3 aromatic rings. The van der Waals surface area contributed by atoms with Gasteiger partial charge in [-0.05, 0) is 24.3 Å². The second-order valence-electron chi connectivity index (χ2n) is 5.63. The Balaban J connectivity index is 1.97. The van der Waals surface area contributed by atoms with Gasteiger partial charge in [-0.3, -0.25) is 10.1 Å². The Morgan fingerprint density at radius 1 is 1.07 bits per heavy atom. The third-order valence-corrected chi connectivity index (χ3v) is 4.76. The molecule has 0 bridgehead atoms. The molecule has 0 unspecified atom stereocenters. The zero-order valence-corrected chi connectivity index (χ0v) is 15.2. The van der Waals surface area contributed by atoms with E-state index in [4.69, 9.17) is 0 Å². The Kier molecular flexibility index (Phi) is 5.50. The van der Waals surface area contributed by atoms with E-state index in [1.165, 1.54) is 29.2 Å². The standard InChI is InChI=1S/C18H13F3N4O2S/c1-24(12-7-9-13(10-8-12)25(26)27)17-22-11-15(18(19,20)21)16(23-17)28-14-5-3-2-4-6-14/h2-11H,1H3. The molecule has 0 radical (unpaired) electrons. The van der Waals surface area contributed by atoms with Gasteiger partial charge in [0.25, 0.3) is 5.69 Å². The maximum Gasteiger partial charge on any atom is 0.420 e. The average Bonchev–Trinajstić information content (AvgIpc) is 2.67. The van der Waals surface area contributed by atoms with E-state index >= 15 is 0 Å². The highest BCUT2D eigenvalue weighted by Gasteiger charge is 2.35. The van der Waals surface area contributed by atoms with E-state index in [2.05, 4.69) is 9.97 Å². The van der Waals surface area contributed by atoms with Gasteiger partial charge in [0.05, 0.1) is 4.92 Å². The van der Waals surface area contributed by atoms with Crippen molar-refractivity contribution in [3.05, 3.63) is 76.5 Å². The van der Waals surface area contributed by atoms with E-state index in [-0.39, 0.29) is 16.7 Å². The fourth-order valence-corrected chi connectivity index (χ4v) is 3.23. The Bertz CT molecular complexity index is 982. The van der Waals surface area contributed by atoms with Crippen LogP contribution >= 0.6 is 11.8 Å². The van der Waals surface area contributed by atoms with Gasteiger partial charge in [0.1, 0.15) is 10.6 Å². The summed E-state index contributed by atoms with van der Waals surface area (Å²) in [5.74, 6) is 0.0419. The molecular formula is C18H13F3N4O2S. The highest BCUT2D eigenvalue weighted by atomic mass is 32.2. The van der Waals surface area contributed by atoms with E-state index in [0.29, 0.717) is 10.6 Å². The minimum absolute atomic E-state index is 0.0419. The van der Waals surface area contributed by atoms with Gasteiger partial charge in [-0.15, -0.1) is 0 Å². The van der Waals surface area contributed by atoms with Gasteiger partial charge in [0.15, 0.2) is 0 Å². The predicted octanol–water partition coefficient (Wildman–Crippen LogP) is 5.32. The maximum absolute atomic E-state index is 13.4. The molecule has 1 heterocycles. The summed E-state index contributed by atoms with van der Waals surface area (Å²) < 4.78 is 40.1. The number of hydrogen-bond acceptors (Lipinski definition) is 6. The molecule has 0 spiro atoms. The SMILES string of the molecule is CN(c1ccc([N+](=O)[O-])cc1)c1ncc(C(F)(F)F)c(Sc2ccccc2)n1. The van der Waals surface area contributed by atoms with Crippen molar-refractivity contribution in [1.82, 2.24) is 9.97 Å². The molecule has 0 aliphatic rings. The van der Waals surface area contributed by atoms with Crippen molar-refractivity contribution in [2.45, 2.75) is 16.1 Å². The number of aromatic nitrogens is 2. The first-order valence-corrected chi connectivity index (χ1v) is 8.72. The van der Waals surface area contributed by atoms with E-state index < -0.39 is 16.7 Å². The summed E-state index contributed by atoms with van der Waals surface area (Å²) in [5, 5.41) is 10.5. The van der Waals surface area contributed by atoms with Crippen LogP contribution in [0.5, 0.6) is 0 Å². The quantitative estimate of drug-likeness (QED) is 0.324. The van der Waals surface area contributed by atoms with Crippen LogP contribution in [0.4, 0.5) is 30.5 Å². The number of anilines is 2. The number of nitrogens with zero attached hydrogens (tertiary/aromatic N) is 4. The zero-order valence-electron chi connectivity index (χ0n) is 14.4. The highest BCUT2D eigenvalue weighted by Crippen LogP contribution is 2.39. The van der Waals surface area contributed by atoms with Crippen LogP contribution in [0.1, 0.15) is 5.56 Å². The zero-order chi connectivity index (χ0) is 20.3. The molecule has 0 aliphatic heterocycles.